The number of benzene rings is 2. The number of carbonyl (C=O) groups excluding carboxylic acids is 6. The number of halogens is 1. The van der Waals surface area contributed by atoms with Crippen molar-refractivity contribution in [1.29, 1.82) is 0 Å². The third-order valence-electron chi connectivity index (χ3n) is 7.48. The van der Waals surface area contributed by atoms with Crippen LogP contribution in [0, 0.1) is 5.92 Å². The Kier molecular flexibility index (Phi) is 14.5. The smallest absolute Gasteiger partial charge is 0.245 e. The highest BCUT2D eigenvalue weighted by atomic mass is 35.5. The quantitative estimate of drug-likeness (QED) is 0.276. The lowest BCUT2D eigenvalue weighted by molar-refractivity contribution is -0.139. The minimum absolute atomic E-state index is 0.0362. The third-order valence-corrected chi connectivity index (χ3v) is 8.74. The molecule has 254 valence electrons. The first-order valence-electron chi connectivity index (χ1n) is 15.5. The van der Waals surface area contributed by atoms with Crippen molar-refractivity contribution in [1.82, 2.24) is 31.5 Å². The Morgan fingerprint density at radius 2 is 1.64 bits per heavy atom. The number of rotatable bonds is 7. The average molecular weight is 687 g/mol. The predicted octanol–water partition coefficient (Wildman–Crippen LogP) is 1.66. The molecule has 2 aromatic rings. The molecule has 1 aliphatic heterocycles. The molecule has 47 heavy (non-hydrogen) atoms. The Hall–Kier alpha value is -4.10. The molecule has 1 heterocycles. The van der Waals surface area contributed by atoms with E-state index in [1.807, 2.05) is 30.3 Å². The maximum Gasteiger partial charge on any atom is 0.245 e. The van der Waals surface area contributed by atoms with Crippen LogP contribution in [0.1, 0.15) is 39.2 Å². The van der Waals surface area contributed by atoms with E-state index in [9.17, 15) is 28.8 Å². The van der Waals surface area contributed by atoms with Gasteiger partial charge in [0.2, 0.25) is 35.4 Å². The Bertz CT molecular complexity index is 1410. The summed E-state index contributed by atoms with van der Waals surface area (Å²) in [4.78, 5) is 81.2. The molecular weight excluding hydrogens is 644 g/mol. The van der Waals surface area contributed by atoms with Crippen molar-refractivity contribution in [2.45, 2.75) is 69.1 Å². The van der Waals surface area contributed by atoms with Crippen LogP contribution >= 0.6 is 23.4 Å². The van der Waals surface area contributed by atoms with Crippen LogP contribution < -0.4 is 26.6 Å². The van der Waals surface area contributed by atoms with Gasteiger partial charge in [-0.3, -0.25) is 28.8 Å². The number of likely N-dealkylation sites (N-methyl/N-ethyl adjacent to an activating group) is 1. The first-order chi connectivity index (χ1) is 22.3. The third kappa shape index (κ3) is 12.2. The Balaban J connectivity index is 1.78. The summed E-state index contributed by atoms with van der Waals surface area (Å²) in [7, 11) is 1.47. The minimum atomic E-state index is -1.06. The first-order valence-corrected chi connectivity index (χ1v) is 16.8. The second-order valence-corrected chi connectivity index (χ2v) is 13.2. The number of thioether (sulfide) groups is 1. The highest BCUT2D eigenvalue weighted by Gasteiger charge is 2.32. The van der Waals surface area contributed by atoms with Gasteiger partial charge in [0, 0.05) is 29.9 Å². The van der Waals surface area contributed by atoms with E-state index in [1.54, 1.807) is 38.1 Å². The highest BCUT2D eigenvalue weighted by Crippen LogP contribution is 2.20. The van der Waals surface area contributed by atoms with E-state index in [0.717, 1.165) is 10.5 Å². The molecule has 4 atom stereocenters. The first kappa shape index (κ1) is 37.4. The fourth-order valence-corrected chi connectivity index (χ4v) is 5.67. The van der Waals surface area contributed by atoms with E-state index in [-0.39, 0.29) is 37.6 Å². The molecule has 0 bridgehead atoms. The maximum absolute atomic E-state index is 13.5. The lowest BCUT2D eigenvalue weighted by atomic mass is 10.0. The summed E-state index contributed by atoms with van der Waals surface area (Å²) in [5.41, 5.74) is 0.802. The summed E-state index contributed by atoms with van der Waals surface area (Å²) in [6.45, 7) is 4.89. The predicted molar refractivity (Wildman–Crippen MR) is 180 cm³/mol. The largest absolute Gasteiger partial charge is 0.355 e. The van der Waals surface area contributed by atoms with Crippen LogP contribution in [0.5, 0.6) is 0 Å². The van der Waals surface area contributed by atoms with Crippen LogP contribution in [0.2, 0.25) is 5.02 Å². The Morgan fingerprint density at radius 3 is 2.30 bits per heavy atom. The maximum atomic E-state index is 13.5. The Labute approximate surface area is 284 Å². The SMILES string of the molecule is CC(C)[C@H]1NC(=O)[C@@H](NC(=O)CSc2ccc(Cl)cc2)CCCNC(=O)CN(C)C(=O)[C@H](Cc2ccccc2)NC(=O)[C@@H](C)NC1=O. The van der Waals surface area contributed by atoms with Crippen LogP contribution in [0.3, 0.4) is 0 Å². The summed E-state index contributed by atoms with van der Waals surface area (Å²) in [6.07, 6.45) is 0.672. The van der Waals surface area contributed by atoms with Gasteiger partial charge in [0.05, 0.1) is 12.3 Å². The van der Waals surface area contributed by atoms with Crippen molar-refractivity contribution in [3.63, 3.8) is 0 Å². The number of nitrogens with zero attached hydrogens (tertiary/aromatic N) is 1. The summed E-state index contributed by atoms with van der Waals surface area (Å²) >= 11 is 7.21. The van der Waals surface area contributed by atoms with E-state index in [1.165, 1.54) is 30.6 Å². The van der Waals surface area contributed by atoms with Crippen molar-refractivity contribution in [3.05, 3.63) is 65.2 Å². The van der Waals surface area contributed by atoms with Gasteiger partial charge < -0.3 is 31.5 Å². The molecule has 2 aromatic carbocycles. The lowest BCUT2D eigenvalue weighted by Gasteiger charge is -2.28. The lowest BCUT2D eigenvalue weighted by Crippen LogP contribution is -2.59. The topological polar surface area (TPSA) is 166 Å². The van der Waals surface area contributed by atoms with Gasteiger partial charge in [0.15, 0.2) is 0 Å². The van der Waals surface area contributed by atoms with E-state index in [2.05, 4.69) is 26.6 Å². The van der Waals surface area contributed by atoms with E-state index >= 15 is 0 Å². The monoisotopic (exact) mass is 686 g/mol. The molecule has 0 aliphatic carbocycles. The van der Waals surface area contributed by atoms with Gasteiger partial charge >= 0.3 is 0 Å². The van der Waals surface area contributed by atoms with Crippen LogP contribution in [0.15, 0.2) is 59.5 Å². The van der Waals surface area contributed by atoms with Crippen LogP contribution in [-0.2, 0) is 35.2 Å². The van der Waals surface area contributed by atoms with Crippen molar-refractivity contribution in [2.75, 3.05) is 25.9 Å². The molecule has 5 N–H and O–H groups in total. The molecule has 0 radical (unpaired) electrons. The van der Waals surface area contributed by atoms with Gasteiger partial charge in [-0.1, -0.05) is 55.8 Å². The zero-order valence-corrected chi connectivity index (χ0v) is 28.6. The van der Waals surface area contributed by atoms with Gasteiger partial charge in [0.25, 0.3) is 0 Å². The highest BCUT2D eigenvalue weighted by molar-refractivity contribution is 8.00. The molecule has 3 rings (SSSR count). The molecule has 0 aromatic heterocycles. The van der Waals surface area contributed by atoms with E-state index in [0.29, 0.717) is 11.4 Å². The van der Waals surface area contributed by atoms with Crippen molar-refractivity contribution >= 4 is 58.8 Å². The molecule has 1 saturated heterocycles. The van der Waals surface area contributed by atoms with Gasteiger partial charge in [-0.15, -0.1) is 11.8 Å². The summed E-state index contributed by atoms with van der Waals surface area (Å²) in [6, 6.07) is 12.1. The molecular formula is C33H43ClN6O6S. The van der Waals surface area contributed by atoms with E-state index < -0.39 is 59.6 Å². The zero-order valence-electron chi connectivity index (χ0n) is 27.0. The van der Waals surface area contributed by atoms with E-state index in [4.69, 9.17) is 11.6 Å². The van der Waals surface area contributed by atoms with Crippen molar-refractivity contribution in [2.24, 2.45) is 5.92 Å². The Morgan fingerprint density at radius 1 is 0.957 bits per heavy atom. The van der Waals surface area contributed by atoms with Gasteiger partial charge in [-0.25, -0.2) is 0 Å². The molecule has 14 heteroatoms. The van der Waals surface area contributed by atoms with Gasteiger partial charge in [0.1, 0.15) is 24.2 Å². The zero-order chi connectivity index (χ0) is 34.5. The van der Waals surface area contributed by atoms with Crippen LogP contribution in [-0.4, -0.2) is 90.4 Å². The molecule has 0 saturated carbocycles. The second kappa shape index (κ2) is 18.3. The summed E-state index contributed by atoms with van der Waals surface area (Å²) in [5.74, 6) is -3.37. The molecule has 1 fully saturated rings. The molecule has 0 spiro atoms. The normalized spacial score (nSPS) is 22.3. The molecule has 0 unspecified atom stereocenters. The number of amides is 6. The average Bonchev–Trinajstić information content (AvgIpc) is 3.03. The fourth-order valence-electron chi connectivity index (χ4n) is 4.84. The van der Waals surface area contributed by atoms with Gasteiger partial charge in [-0.2, -0.15) is 0 Å². The molecule has 1 aliphatic rings. The summed E-state index contributed by atoms with van der Waals surface area (Å²) < 4.78 is 0. The van der Waals surface area contributed by atoms with Crippen LogP contribution in [0.25, 0.3) is 0 Å². The number of nitrogens with one attached hydrogen (secondary N) is 5. The number of hydrogen-bond donors (Lipinski definition) is 5. The number of carbonyl (C=O) groups is 6. The second-order valence-electron chi connectivity index (χ2n) is 11.8. The molecule has 6 amide bonds. The number of hydrogen-bond acceptors (Lipinski definition) is 7. The summed E-state index contributed by atoms with van der Waals surface area (Å²) in [5, 5.41) is 14.2. The van der Waals surface area contributed by atoms with Crippen molar-refractivity contribution < 1.29 is 28.8 Å². The fraction of sp³-hybridized carbons (Fsp3) is 0.455. The van der Waals surface area contributed by atoms with Gasteiger partial charge in [-0.05, 0) is 55.5 Å². The molecule has 12 nitrogen and oxygen atoms in total. The minimum Gasteiger partial charge on any atom is -0.355 e. The standard InChI is InChI=1S/C33H43ClN6O6S/c1-20(2)29-32(45)36-21(3)30(43)38-26(17-22-9-6-5-7-10-22)33(46)40(4)18-27(41)35-16-8-11-25(31(44)39-29)37-28(42)19-47-24-14-12-23(34)13-15-24/h5-7,9-10,12-15,20-21,25-26,29H,8,11,16-19H2,1-4H3,(H,35,41)(H,36,45)(H,37,42)(H,38,43)(H,39,44)/t21-,25+,26+,29-/m1/s1. The van der Waals surface area contributed by atoms with Crippen molar-refractivity contribution in [3.8, 4) is 0 Å². The van der Waals surface area contributed by atoms with Crippen LogP contribution in [0.4, 0.5) is 0 Å².